The standard InChI is InChI=1S/C18H22N2O3S3/c1-19(13-6-10-26(22,23)12-13)17(21)11-20-7-4-15-14(5-9-25-15)18(20)16-3-2-8-24-16/h2-3,5,8-9,13,18H,4,6-7,10-12H2,1H3/t13-,18-/m1/s1. The van der Waals surface area contributed by atoms with Gasteiger partial charge in [0, 0.05) is 29.4 Å². The van der Waals surface area contributed by atoms with Gasteiger partial charge in [0.1, 0.15) is 0 Å². The van der Waals surface area contributed by atoms with E-state index in [1.165, 1.54) is 15.3 Å². The number of nitrogens with zero attached hydrogens (tertiary/aromatic N) is 2. The number of carbonyl (C=O) groups is 1. The third-order valence-electron chi connectivity index (χ3n) is 5.37. The Balaban J connectivity index is 1.52. The first-order valence-corrected chi connectivity index (χ1v) is 12.3. The van der Waals surface area contributed by atoms with Crippen LogP contribution in [-0.4, -0.2) is 61.8 Å². The quantitative estimate of drug-likeness (QED) is 0.777. The van der Waals surface area contributed by atoms with Crippen LogP contribution in [0.25, 0.3) is 0 Å². The number of likely N-dealkylation sites (N-methyl/N-ethyl adjacent to an activating group) is 1. The molecule has 0 spiro atoms. The lowest BCUT2D eigenvalue weighted by atomic mass is 9.98. The summed E-state index contributed by atoms with van der Waals surface area (Å²) in [6.45, 7) is 1.17. The van der Waals surface area contributed by atoms with Gasteiger partial charge in [-0.05, 0) is 41.3 Å². The molecule has 2 aromatic rings. The fraction of sp³-hybridized carbons (Fsp3) is 0.500. The number of carbonyl (C=O) groups excluding carboxylic acids is 1. The summed E-state index contributed by atoms with van der Waals surface area (Å²) in [6.07, 6.45) is 1.51. The highest BCUT2D eigenvalue weighted by molar-refractivity contribution is 7.91. The predicted octanol–water partition coefficient (Wildman–Crippen LogP) is 2.40. The third-order valence-corrected chi connectivity index (χ3v) is 9.04. The van der Waals surface area contributed by atoms with E-state index < -0.39 is 9.84 Å². The first kappa shape index (κ1) is 18.2. The summed E-state index contributed by atoms with van der Waals surface area (Å²) in [5.41, 5.74) is 1.31. The van der Waals surface area contributed by atoms with E-state index in [4.69, 9.17) is 0 Å². The monoisotopic (exact) mass is 410 g/mol. The summed E-state index contributed by atoms with van der Waals surface area (Å²) in [5.74, 6) is 0.292. The number of amides is 1. The molecule has 0 N–H and O–H groups in total. The van der Waals surface area contributed by atoms with Gasteiger partial charge in [-0.25, -0.2) is 8.42 Å². The van der Waals surface area contributed by atoms with Gasteiger partial charge >= 0.3 is 0 Å². The zero-order valence-electron chi connectivity index (χ0n) is 14.6. The molecule has 1 saturated heterocycles. The molecule has 0 aromatic carbocycles. The SMILES string of the molecule is CN(C(=O)CN1CCc2sccc2[C@@H]1c1cccs1)[C@@H]1CCS(=O)(=O)C1. The lowest BCUT2D eigenvalue weighted by Crippen LogP contribution is -2.46. The molecule has 1 fully saturated rings. The Morgan fingerprint density at radius 1 is 1.31 bits per heavy atom. The molecule has 0 bridgehead atoms. The summed E-state index contributed by atoms with van der Waals surface area (Å²) < 4.78 is 23.5. The van der Waals surface area contributed by atoms with Crippen molar-refractivity contribution in [2.24, 2.45) is 0 Å². The second-order valence-corrected chi connectivity index (χ2v) is 11.2. The summed E-state index contributed by atoms with van der Waals surface area (Å²) in [6, 6.07) is 6.29. The molecule has 4 heterocycles. The van der Waals surface area contributed by atoms with E-state index in [9.17, 15) is 13.2 Å². The second-order valence-electron chi connectivity index (χ2n) is 7.00. The van der Waals surface area contributed by atoms with Crippen LogP contribution in [0.1, 0.15) is 27.8 Å². The molecule has 0 saturated carbocycles. The van der Waals surface area contributed by atoms with Gasteiger partial charge in [-0.3, -0.25) is 9.69 Å². The van der Waals surface area contributed by atoms with E-state index in [0.29, 0.717) is 13.0 Å². The molecule has 0 aliphatic carbocycles. The molecule has 8 heteroatoms. The number of hydrogen-bond acceptors (Lipinski definition) is 6. The molecule has 2 atom stereocenters. The van der Waals surface area contributed by atoms with Gasteiger partial charge in [-0.2, -0.15) is 0 Å². The Morgan fingerprint density at radius 3 is 2.85 bits per heavy atom. The maximum absolute atomic E-state index is 12.9. The molecule has 2 aliphatic heterocycles. The fourth-order valence-corrected chi connectivity index (χ4v) is 7.44. The van der Waals surface area contributed by atoms with Crippen molar-refractivity contribution in [2.45, 2.75) is 24.9 Å². The molecule has 140 valence electrons. The van der Waals surface area contributed by atoms with Crippen molar-refractivity contribution in [3.8, 4) is 0 Å². The molecule has 5 nitrogen and oxygen atoms in total. The largest absolute Gasteiger partial charge is 0.341 e. The van der Waals surface area contributed by atoms with Crippen LogP contribution < -0.4 is 0 Å². The number of sulfone groups is 1. The molecular weight excluding hydrogens is 388 g/mol. The lowest BCUT2D eigenvalue weighted by molar-refractivity contribution is -0.133. The van der Waals surface area contributed by atoms with Crippen molar-refractivity contribution in [3.05, 3.63) is 44.3 Å². The number of hydrogen-bond donors (Lipinski definition) is 0. The molecule has 2 aromatic heterocycles. The van der Waals surface area contributed by atoms with Crippen molar-refractivity contribution in [2.75, 3.05) is 31.6 Å². The van der Waals surface area contributed by atoms with Gasteiger partial charge in [0.2, 0.25) is 5.91 Å². The highest BCUT2D eigenvalue weighted by Gasteiger charge is 2.35. The average molecular weight is 411 g/mol. The minimum absolute atomic E-state index is 0.00679. The molecular formula is C18H22N2O3S3. The minimum atomic E-state index is -2.99. The molecule has 2 aliphatic rings. The Bertz CT molecular complexity index is 889. The molecule has 0 radical (unpaired) electrons. The molecule has 1 amide bonds. The van der Waals surface area contributed by atoms with Gasteiger partial charge in [-0.15, -0.1) is 22.7 Å². The van der Waals surface area contributed by atoms with Crippen molar-refractivity contribution in [3.63, 3.8) is 0 Å². The number of rotatable bonds is 4. The van der Waals surface area contributed by atoms with Gasteiger partial charge in [0.25, 0.3) is 0 Å². The van der Waals surface area contributed by atoms with Crippen molar-refractivity contribution in [1.29, 1.82) is 0 Å². The highest BCUT2D eigenvalue weighted by atomic mass is 32.2. The van der Waals surface area contributed by atoms with Gasteiger partial charge in [0.15, 0.2) is 9.84 Å². The van der Waals surface area contributed by atoms with E-state index >= 15 is 0 Å². The fourth-order valence-electron chi connectivity index (χ4n) is 3.89. The van der Waals surface area contributed by atoms with Gasteiger partial charge in [0.05, 0.1) is 24.1 Å². The summed E-state index contributed by atoms with van der Waals surface area (Å²) in [4.78, 5) is 19.4. The zero-order chi connectivity index (χ0) is 18.3. The van der Waals surface area contributed by atoms with Crippen molar-refractivity contribution < 1.29 is 13.2 Å². The number of thiophene rings is 2. The zero-order valence-corrected chi connectivity index (χ0v) is 17.1. The van der Waals surface area contributed by atoms with Gasteiger partial charge < -0.3 is 4.90 Å². The van der Waals surface area contributed by atoms with E-state index in [0.717, 1.165) is 13.0 Å². The van der Waals surface area contributed by atoms with Crippen molar-refractivity contribution >= 4 is 38.4 Å². The van der Waals surface area contributed by atoms with Crippen LogP contribution in [0.5, 0.6) is 0 Å². The van der Waals surface area contributed by atoms with Crippen LogP contribution in [0.3, 0.4) is 0 Å². The van der Waals surface area contributed by atoms with E-state index in [-0.39, 0.29) is 29.5 Å². The Kier molecular flexibility index (Phi) is 4.94. The third kappa shape index (κ3) is 3.47. The maximum Gasteiger partial charge on any atom is 0.236 e. The summed E-state index contributed by atoms with van der Waals surface area (Å²) >= 11 is 3.51. The van der Waals surface area contributed by atoms with Crippen LogP contribution in [0, 0.1) is 0 Å². The molecule has 0 unspecified atom stereocenters. The predicted molar refractivity (Wildman–Crippen MR) is 106 cm³/mol. The first-order chi connectivity index (χ1) is 12.4. The van der Waals surface area contributed by atoms with Crippen LogP contribution in [0.4, 0.5) is 0 Å². The van der Waals surface area contributed by atoms with Crippen LogP contribution in [0.15, 0.2) is 29.0 Å². The topological polar surface area (TPSA) is 57.7 Å². The Hall–Kier alpha value is -1.22. The lowest BCUT2D eigenvalue weighted by Gasteiger charge is -2.36. The van der Waals surface area contributed by atoms with Crippen LogP contribution in [0.2, 0.25) is 0 Å². The summed E-state index contributed by atoms with van der Waals surface area (Å²) in [7, 11) is -1.25. The van der Waals surface area contributed by atoms with Crippen LogP contribution >= 0.6 is 22.7 Å². The average Bonchev–Trinajstić information content (AvgIpc) is 3.33. The van der Waals surface area contributed by atoms with E-state index in [1.807, 2.05) is 0 Å². The van der Waals surface area contributed by atoms with E-state index in [1.54, 1.807) is 34.6 Å². The maximum atomic E-state index is 12.9. The minimum Gasteiger partial charge on any atom is -0.341 e. The Labute approximate surface area is 162 Å². The van der Waals surface area contributed by atoms with Gasteiger partial charge in [-0.1, -0.05) is 6.07 Å². The van der Waals surface area contributed by atoms with E-state index in [2.05, 4.69) is 33.9 Å². The molecule has 4 rings (SSSR count). The first-order valence-electron chi connectivity index (χ1n) is 8.74. The molecule has 26 heavy (non-hydrogen) atoms. The second kappa shape index (κ2) is 7.07. The number of fused-ring (bicyclic) bond motifs is 1. The highest BCUT2D eigenvalue weighted by Crippen LogP contribution is 2.39. The smallest absolute Gasteiger partial charge is 0.236 e. The summed E-state index contributed by atoms with van der Waals surface area (Å²) in [5, 5.41) is 4.21. The normalized spacial score (nSPS) is 25.1. The van der Waals surface area contributed by atoms with Crippen molar-refractivity contribution in [1.82, 2.24) is 9.80 Å². The Morgan fingerprint density at radius 2 is 2.15 bits per heavy atom. The van der Waals surface area contributed by atoms with Crippen LogP contribution in [-0.2, 0) is 21.1 Å².